The first-order chi connectivity index (χ1) is 16.4. The number of aromatic nitrogens is 1. The summed E-state index contributed by atoms with van der Waals surface area (Å²) < 4.78 is 5.39. The van der Waals surface area contributed by atoms with Gasteiger partial charge in [-0.2, -0.15) is 0 Å². The van der Waals surface area contributed by atoms with Crippen molar-refractivity contribution in [2.24, 2.45) is 5.92 Å². The molecule has 3 rings (SSSR count). The molecule has 0 bridgehead atoms. The van der Waals surface area contributed by atoms with Crippen LogP contribution >= 0.6 is 0 Å². The number of aliphatic carboxylic acids is 3. The van der Waals surface area contributed by atoms with Gasteiger partial charge >= 0.3 is 17.9 Å². The van der Waals surface area contributed by atoms with E-state index in [-0.39, 0.29) is 0 Å². The van der Waals surface area contributed by atoms with Gasteiger partial charge in [-0.1, -0.05) is 29.8 Å². The van der Waals surface area contributed by atoms with Gasteiger partial charge in [-0.05, 0) is 56.2 Å². The molecule has 1 saturated carbocycles. The summed E-state index contributed by atoms with van der Waals surface area (Å²) in [6, 6.07) is 9.41. The largest absolute Gasteiger partial charge is 0.481 e. The molecule has 1 aromatic carbocycles. The number of rotatable bonds is 10. The summed E-state index contributed by atoms with van der Waals surface area (Å²) in [4.78, 5) is 30.5. The third kappa shape index (κ3) is 8.80. The maximum Gasteiger partial charge on any atom is 0.336 e. The van der Waals surface area contributed by atoms with Gasteiger partial charge in [0.1, 0.15) is 5.76 Å². The maximum atomic E-state index is 10.3. The number of nitrogens with zero attached hydrogens (tertiary/aromatic N) is 1. The molecular formula is C25H34N2O8. The number of aliphatic hydroxyl groups is 1. The topological polar surface area (TPSA) is 170 Å². The van der Waals surface area contributed by atoms with Gasteiger partial charge in [-0.15, -0.1) is 0 Å². The Bertz CT molecular complexity index is 1020. The Morgan fingerprint density at radius 1 is 1.03 bits per heavy atom. The lowest BCUT2D eigenvalue weighted by Crippen LogP contribution is -2.42. The van der Waals surface area contributed by atoms with Crippen molar-refractivity contribution in [2.75, 3.05) is 0 Å². The standard InChI is InChI=1S/C19H26N2O.C6H8O7/c1-13-7-8-16(9-14(13)2)12-20-19-6-4-5-17(19)11-18-10-15(3)21-22-18;7-3(8)1-6(13,5(11)12)2-4(9)10/h7-10,17,19-20H,4-6,11-12H2,1-3H3;13H,1-2H2,(H,7,8)(H,9,10)(H,11,12)/t17-,19+;/m0./s1. The van der Waals surface area contributed by atoms with Crippen LogP contribution in [0.3, 0.4) is 0 Å². The summed E-state index contributed by atoms with van der Waals surface area (Å²) in [7, 11) is 0. The molecule has 192 valence electrons. The first-order valence-electron chi connectivity index (χ1n) is 11.5. The average molecular weight is 491 g/mol. The summed E-state index contributed by atoms with van der Waals surface area (Å²) in [5.74, 6) is -3.32. The van der Waals surface area contributed by atoms with Crippen molar-refractivity contribution in [3.8, 4) is 0 Å². The predicted octanol–water partition coefficient (Wildman–Crippen LogP) is 2.85. The second-order valence-corrected chi connectivity index (χ2v) is 9.21. The third-order valence-electron chi connectivity index (χ3n) is 6.22. The number of aryl methyl sites for hydroxylation is 3. The Kier molecular flexibility index (Phi) is 9.97. The number of hydrogen-bond donors (Lipinski definition) is 5. The van der Waals surface area contributed by atoms with E-state index in [1.165, 1.54) is 36.0 Å². The van der Waals surface area contributed by atoms with Gasteiger partial charge in [0, 0.05) is 25.1 Å². The van der Waals surface area contributed by atoms with Crippen LogP contribution < -0.4 is 5.32 Å². The van der Waals surface area contributed by atoms with Crippen molar-refractivity contribution in [1.29, 1.82) is 0 Å². The van der Waals surface area contributed by atoms with Crippen LogP contribution in [0.25, 0.3) is 0 Å². The van der Waals surface area contributed by atoms with Crippen LogP contribution in [0.4, 0.5) is 0 Å². The molecule has 1 fully saturated rings. The number of nitrogens with one attached hydrogen (secondary N) is 1. The number of carboxylic acid groups (broad SMARTS) is 3. The zero-order chi connectivity index (χ0) is 26.2. The van der Waals surface area contributed by atoms with E-state index in [2.05, 4.69) is 48.6 Å². The minimum atomic E-state index is -2.74. The fourth-order valence-electron chi connectivity index (χ4n) is 4.20. The third-order valence-corrected chi connectivity index (χ3v) is 6.22. The van der Waals surface area contributed by atoms with Crippen LogP contribution in [0, 0.1) is 26.7 Å². The minimum absolute atomic E-state index is 0.590. The van der Waals surface area contributed by atoms with Gasteiger partial charge in [-0.25, -0.2) is 4.79 Å². The Balaban J connectivity index is 0.000000287. The van der Waals surface area contributed by atoms with E-state index in [1.54, 1.807) is 0 Å². The van der Waals surface area contributed by atoms with Crippen molar-refractivity contribution in [3.05, 3.63) is 52.4 Å². The van der Waals surface area contributed by atoms with Crippen LogP contribution in [-0.2, 0) is 27.3 Å². The molecule has 0 radical (unpaired) electrons. The van der Waals surface area contributed by atoms with E-state index in [1.807, 2.05) is 6.92 Å². The Morgan fingerprint density at radius 3 is 2.20 bits per heavy atom. The van der Waals surface area contributed by atoms with Gasteiger partial charge in [0.25, 0.3) is 0 Å². The van der Waals surface area contributed by atoms with Crippen LogP contribution in [-0.4, -0.2) is 55.1 Å². The fourth-order valence-corrected chi connectivity index (χ4v) is 4.20. The average Bonchev–Trinajstić information content (AvgIpc) is 3.36. The highest BCUT2D eigenvalue weighted by atomic mass is 16.5. The molecule has 0 unspecified atom stereocenters. The van der Waals surface area contributed by atoms with Crippen molar-refractivity contribution < 1.29 is 39.3 Å². The summed E-state index contributed by atoms with van der Waals surface area (Å²) >= 11 is 0. The highest BCUT2D eigenvalue weighted by molar-refractivity contribution is 5.88. The molecule has 0 amide bonds. The van der Waals surface area contributed by atoms with Crippen molar-refractivity contribution >= 4 is 17.9 Å². The molecular weight excluding hydrogens is 456 g/mol. The number of benzene rings is 1. The van der Waals surface area contributed by atoms with Crippen molar-refractivity contribution in [2.45, 2.75) is 77.5 Å². The molecule has 1 aliphatic rings. The zero-order valence-electron chi connectivity index (χ0n) is 20.3. The lowest BCUT2D eigenvalue weighted by Gasteiger charge is -2.20. The van der Waals surface area contributed by atoms with Crippen LogP contribution in [0.2, 0.25) is 0 Å². The first-order valence-corrected chi connectivity index (χ1v) is 11.5. The van der Waals surface area contributed by atoms with E-state index in [4.69, 9.17) is 24.9 Å². The molecule has 1 aliphatic carbocycles. The van der Waals surface area contributed by atoms with Crippen molar-refractivity contribution in [3.63, 3.8) is 0 Å². The molecule has 0 aliphatic heterocycles. The van der Waals surface area contributed by atoms with E-state index < -0.39 is 36.4 Å². The van der Waals surface area contributed by atoms with E-state index in [9.17, 15) is 14.4 Å². The van der Waals surface area contributed by atoms with Crippen LogP contribution in [0.5, 0.6) is 0 Å². The van der Waals surface area contributed by atoms with Gasteiger partial charge in [-0.3, -0.25) is 9.59 Å². The first kappa shape index (κ1) is 28.0. The monoisotopic (exact) mass is 490 g/mol. The molecule has 2 aromatic rings. The molecule has 35 heavy (non-hydrogen) atoms. The molecule has 10 nitrogen and oxygen atoms in total. The molecule has 2 atom stereocenters. The highest BCUT2D eigenvalue weighted by Crippen LogP contribution is 2.29. The second kappa shape index (κ2) is 12.5. The molecule has 1 aromatic heterocycles. The van der Waals surface area contributed by atoms with Gasteiger partial charge in [0.15, 0.2) is 5.60 Å². The van der Waals surface area contributed by atoms with Gasteiger partial charge in [0.05, 0.1) is 18.5 Å². The van der Waals surface area contributed by atoms with E-state index in [0.29, 0.717) is 12.0 Å². The highest BCUT2D eigenvalue weighted by Gasteiger charge is 2.40. The number of carbonyl (C=O) groups is 3. The van der Waals surface area contributed by atoms with Crippen LogP contribution in [0.15, 0.2) is 28.8 Å². The molecule has 1 heterocycles. The summed E-state index contributed by atoms with van der Waals surface area (Å²) in [6.07, 6.45) is 2.57. The minimum Gasteiger partial charge on any atom is -0.481 e. The number of hydrogen-bond acceptors (Lipinski definition) is 7. The van der Waals surface area contributed by atoms with E-state index in [0.717, 1.165) is 24.4 Å². The summed E-state index contributed by atoms with van der Waals surface area (Å²) in [5.41, 5.74) is 2.36. The SMILES string of the molecule is Cc1cc(C[C@@H]2CCC[C@H]2NCc2ccc(C)c(C)c2)on1.O=C(O)CC(O)(CC(=O)O)C(=O)O. The molecule has 0 saturated heterocycles. The fraction of sp³-hybridized carbons (Fsp3) is 0.520. The second-order valence-electron chi connectivity index (χ2n) is 9.21. The van der Waals surface area contributed by atoms with Crippen LogP contribution in [0.1, 0.15) is 60.2 Å². The molecule has 10 heteroatoms. The Morgan fingerprint density at radius 2 is 1.69 bits per heavy atom. The Hall–Kier alpha value is -3.24. The summed E-state index contributed by atoms with van der Waals surface area (Å²) in [5, 5.41) is 41.6. The normalized spacial score (nSPS) is 17.5. The van der Waals surface area contributed by atoms with E-state index >= 15 is 0 Å². The molecule has 5 N–H and O–H groups in total. The zero-order valence-corrected chi connectivity index (χ0v) is 20.3. The van der Waals surface area contributed by atoms with Gasteiger partial charge in [0.2, 0.25) is 0 Å². The lowest BCUT2D eigenvalue weighted by molar-refractivity contribution is -0.170. The summed E-state index contributed by atoms with van der Waals surface area (Å²) in [6.45, 7) is 7.29. The van der Waals surface area contributed by atoms with Crippen molar-refractivity contribution in [1.82, 2.24) is 10.5 Å². The maximum absolute atomic E-state index is 10.3. The Labute approximate surface area is 204 Å². The smallest absolute Gasteiger partial charge is 0.336 e. The quantitative estimate of drug-likeness (QED) is 0.334. The predicted molar refractivity (Wildman–Crippen MR) is 126 cm³/mol. The number of carboxylic acids is 3. The van der Waals surface area contributed by atoms with Gasteiger partial charge < -0.3 is 30.3 Å². The lowest BCUT2D eigenvalue weighted by atomic mass is 9.96. The molecule has 0 spiro atoms.